The van der Waals surface area contributed by atoms with E-state index in [2.05, 4.69) is 5.32 Å². The Kier molecular flexibility index (Phi) is 5.09. The first-order valence-electron chi connectivity index (χ1n) is 6.33. The molecule has 0 aliphatic heterocycles. The summed E-state index contributed by atoms with van der Waals surface area (Å²) in [6.45, 7) is 1.89. The highest BCUT2D eigenvalue weighted by molar-refractivity contribution is 7.17. The summed E-state index contributed by atoms with van der Waals surface area (Å²) < 4.78 is 11.1. The van der Waals surface area contributed by atoms with Crippen LogP contribution in [0.25, 0.3) is 0 Å². The largest absolute Gasteiger partial charge is 0.497 e. The van der Waals surface area contributed by atoms with Gasteiger partial charge in [0.15, 0.2) is 0 Å². The summed E-state index contributed by atoms with van der Waals surface area (Å²) in [4.78, 5) is 12.7. The molecule has 2 aromatic rings. The highest BCUT2D eigenvalue weighted by atomic mass is 35.5. The van der Waals surface area contributed by atoms with Gasteiger partial charge in [0.1, 0.15) is 11.5 Å². The average molecular weight is 326 g/mol. The molecular formula is C15H16ClNO3S. The van der Waals surface area contributed by atoms with Crippen LogP contribution in [0.2, 0.25) is 4.34 Å². The molecule has 0 spiro atoms. The quantitative estimate of drug-likeness (QED) is 0.906. The van der Waals surface area contributed by atoms with Crippen molar-refractivity contribution in [2.45, 2.75) is 13.0 Å². The third kappa shape index (κ3) is 3.68. The molecule has 0 bridgehead atoms. The molecule has 0 saturated heterocycles. The van der Waals surface area contributed by atoms with Gasteiger partial charge in [-0.15, -0.1) is 11.3 Å². The number of thiophene rings is 1. The molecule has 1 N–H and O–H groups in total. The Morgan fingerprint density at radius 1 is 1.24 bits per heavy atom. The Labute approximate surface area is 132 Å². The maximum Gasteiger partial charge on any atom is 0.261 e. The molecule has 0 saturated carbocycles. The minimum Gasteiger partial charge on any atom is -0.497 e. The van der Waals surface area contributed by atoms with Crippen LogP contribution in [0.15, 0.2) is 30.3 Å². The molecule has 0 aliphatic rings. The molecule has 0 fully saturated rings. The van der Waals surface area contributed by atoms with Crippen LogP contribution in [0.3, 0.4) is 0 Å². The van der Waals surface area contributed by atoms with E-state index in [1.165, 1.54) is 11.3 Å². The lowest BCUT2D eigenvalue weighted by atomic mass is 10.1. The number of methoxy groups -OCH3 is 2. The number of ether oxygens (including phenoxy) is 2. The molecule has 112 valence electrons. The summed E-state index contributed by atoms with van der Waals surface area (Å²) >= 11 is 7.10. The van der Waals surface area contributed by atoms with Crippen molar-refractivity contribution in [1.82, 2.24) is 5.32 Å². The first-order valence-corrected chi connectivity index (χ1v) is 7.52. The molecule has 1 aromatic carbocycles. The van der Waals surface area contributed by atoms with E-state index in [9.17, 15) is 4.79 Å². The van der Waals surface area contributed by atoms with Crippen LogP contribution in [-0.4, -0.2) is 20.1 Å². The fraction of sp³-hybridized carbons (Fsp3) is 0.267. The van der Waals surface area contributed by atoms with E-state index in [1.54, 1.807) is 26.4 Å². The van der Waals surface area contributed by atoms with E-state index in [0.29, 0.717) is 20.7 Å². The van der Waals surface area contributed by atoms with E-state index in [-0.39, 0.29) is 11.9 Å². The molecule has 0 aliphatic carbocycles. The lowest BCUT2D eigenvalue weighted by Crippen LogP contribution is -2.26. The monoisotopic (exact) mass is 325 g/mol. The fourth-order valence-electron chi connectivity index (χ4n) is 1.96. The van der Waals surface area contributed by atoms with Gasteiger partial charge in [-0.3, -0.25) is 4.79 Å². The average Bonchev–Trinajstić information content (AvgIpc) is 2.93. The maximum atomic E-state index is 12.2. The summed E-state index contributed by atoms with van der Waals surface area (Å²) in [7, 11) is 3.20. The summed E-state index contributed by atoms with van der Waals surface area (Å²) in [6.07, 6.45) is 0. The van der Waals surface area contributed by atoms with Crippen LogP contribution in [0, 0.1) is 0 Å². The lowest BCUT2D eigenvalue weighted by molar-refractivity contribution is 0.0943. The number of amides is 1. The van der Waals surface area contributed by atoms with E-state index in [1.807, 2.05) is 25.1 Å². The number of carbonyl (C=O) groups is 1. The molecule has 21 heavy (non-hydrogen) atoms. The van der Waals surface area contributed by atoms with Gasteiger partial charge in [-0.2, -0.15) is 0 Å². The third-order valence-electron chi connectivity index (χ3n) is 3.05. The van der Waals surface area contributed by atoms with Crippen molar-refractivity contribution in [2.24, 2.45) is 0 Å². The predicted molar refractivity (Wildman–Crippen MR) is 84.8 cm³/mol. The number of benzene rings is 1. The van der Waals surface area contributed by atoms with Crippen molar-refractivity contribution in [3.63, 3.8) is 0 Å². The first kappa shape index (κ1) is 15.7. The summed E-state index contributed by atoms with van der Waals surface area (Å²) in [5.74, 6) is 1.25. The van der Waals surface area contributed by atoms with Crippen LogP contribution in [-0.2, 0) is 0 Å². The standard InChI is InChI=1S/C15H16ClNO3S/c1-9(17-15(18)13-6-7-14(16)21-13)11-8-10(19-2)4-5-12(11)20-3/h4-9H,1-3H3,(H,17,18)/t9-/m1/s1. The van der Waals surface area contributed by atoms with E-state index >= 15 is 0 Å². The van der Waals surface area contributed by atoms with Gasteiger partial charge in [-0.1, -0.05) is 11.6 Å². The SMILES string of the molecule is COc1ccc(OC)c([C@@H](C)NC(=O)c2ccc(Cl)s2)c1. The highest BCUT2D eigenvalue weighted by Crippen LogP contribution is 2.30. The van der Waals surface area contributed by atoms with E-state index < -0.39 is 0 Å². The van der Waals surface area contributed by atoms with Gasteiger partial charge in [0.2, 0.25) is 0 Å². The number of hydrogen-bond donors (Lipinski definition) is 1. The Morgan fingerprint density at radius 3 is 2.57 bits per heavy atom. The number of nitrogens with one attached hydrogen (secondary N) is 1. The highest BCUT2D eigenvalue weighted by Gasteiger charge is 2.17. The Bertz CT molecular complexity index is 642. The molecule has 1 aromatic heterocycles. The first-order chi connectivity index (χ1) is 10.0. The Hall–Kier alpha value is -1.72. The van der Waals surface area contributed by atoms with Crippen molar-refractivity contribution >= 4 is 28.8 Å². The van der Waals surface area contributed by atoms with E-state index in [4.69, 9.17) is 21.1 Å². The van der Waals surface area contributed by atoms with Crippen LogP contribution in [0.1, 0.15) is 28.2 Å². The van der Waals surface area contributed by atoms with Gasteiger partial charge < -0.3 is 14.8 Å². The van der Waals surface area contributed by atoms with Crippen molar-refractivity contribution in [2.75, 3.05) is 14.2 Å². The fourth-order valence-corrected chi connectivity index (χ4v) is 2.91. The van der Waals surface area contributed by atoms with Crippen LogP contribution in [0.4, 0.5) is 0 Å². The molecule has 0 unspecified atom stereocenters. The number of carbonyl (C=O) groups excluding carboxylic acids is 1. The van der Waals surface area contributed by atoms with Crippen LogP contribution in [0.5, 0.6) is 11.5 Å². The normalized spacial score (nSPS) is 11.8. The smallest absolute Gasteiger partial charge is 0.261 e. The van der Waals surface area contributed by atoms with Gasteiger partial charge in [-0.25, -0.2) is 0 Å². The van der Waals surface area contributed by atoms with Crippen molar-refractivity contribution in [3.05, 3.63) is 45.1 Å². The molecule has 1 amide bonds. The van der Waals surface area contributed by atoms with E-state index in [0.717, 1.165) is 5.56 Å². The second kappa shape index (κ2) is 6.83. The van der Waals surface area contributed by atoms with Crippen molar-refractivity contribution < 1.29 is 14.3 Å². The maximum absolute atomic E-state index is 12.2. The summed E-state index contributed by atoms with van der Waals surface area (Å²) in [5, 5.41) is 2.93. The molecule has 1 atom stereocenters. The summed E-state index contributed by atoms with van der Waals surface area (Å²) in [6, 6.07) is 8.68. The predicted octanol–water partition coefficient (Wildman–Crippen LogP) is 3.91. The zero-order valence-corrected chi connectivity index (χ0v) is 13.5. The number of hydrogen-bond acceptors (Lipinski definition) is 4. The number of halogens is 1. The second-order valence-corrected chi connectivity index (χ2v) is 6.12. The van der Waals surface area contributed by atoms with Gasteiger partial charge in [0.25, 0.3) is 5.91 Å². The molecular weight excluding hydrogens is 310 g/mol. The van der Waals surface area contributed by atoms with Crippen molar-refractivity contribution in [1.29, 1.82) is 0 Å². The second-order valence-electron chi connectivity index (χ2n) is 4.41. The van der Waals surface area contributed by atoms with Gasteiger partial charge in [-0.05, 0) is 37.3 Å². The molecule has 2 rings (SSSR count). The van der Waals surface area contributed by atoms with Crippen LogP contribution >= 0.6 is 22.9 Å². The number of rotatable bonds is 5. The summed E-state index contributed by atoms with van der Waals surface area (Å²) in [5.41, 5.74) is 0.854. The minimum atomic E-state index is -0.219. The Morgan fingerprint density at radius 2 is 2.00 bits per heavy atom. The zero-order chi connectivity index (χ0) is 15.4. The van der Waals surface area contributed by atoms with Gasteiger partial charge in [0.05, 0.1) is 29.5 Å². The third-order valence-corrected chi connectivity index (χ3v) is 4.28. The lowest BCUT2D eigenvalue weighted by Gasteiger charge is -2.17. The van der Waals surface area contributed by atoms with Crippen LogP contribution < -0.4 is 14.8 Å². The molecule has 6 heteroatoms. The minimum absolute atomic E-state index is 0.163. The Balaban J connectivity index is 2.19. The van der Waals surface area contributed by atoms with Gasteiger partial charge in [0, 0.05) is 5.56 Å². The molecule has 4 nitrogen and oxygen atoms in total. The molecule has 1 heterocycles. The van der Waals surface area contributed by atoms with Crippen molar-refractivity contribution in [3.8, 4) is 11.5 Å². The van der Waals surface area contributed by atoms with Gasteiger partial charge >= 0.3 is 0 Å². The molecule has 0 radical (unpaired) electrons. The zero-order valence-electron chi connectivity index (χ0n) is 12.0. The topological polar surface area (TPSA) is 47.6 Å².